The zero-order valence-corrected chi connectivity index (χ0v) is 12.7. The van der Waals surface area contributed by atoms with E-state index >= 15 is 0 Å². The number of amides is 1. The fourth-order valence-electron chi connectivity index (χ4n) is 2.84. The van der Waals surface area contributed by atoms with E-state index in [0.717, 1.165) is 12.5 Å². The molecule has 0 radical (unpaired) electrons. The molecule has 2 aliphatic carbocycles. The molecule has 0 aromatic heterocycles. The van der Waals surface area contributed by atoms with Crippen molar-refractivity contribution in [1.29, 1.82) is 0 Å². The zero-order chi connectivity index (χ0) is 13.7. The lowest BCUT2D eigenvalue weighted by atomic mass is 9.94. The van der Waals surface area contributed by atoms with Gasteiger partial charge in [0.2, 0.25) is 5.91 Å². The summed E-state index contributed by atoms with van der Waals surface area (Å²) in [7, 11) is 0. The first-order valence-electron chi connectivity index (χ1n) is 7.37. The van der Waals surface area contributed by atoms with E-state index in [9.17, 15) is 9.59 Å². The van der Waals surface area contributed by atoms with Crippen molar-refractivity contribution in [3.63, 3.8) is 0 Å². The van der Waals surface area contributed by atoms with Crippen LogP contribution in [0.4, 0.5) is 0 Å². The van der Waals surface area contributed by atoms with Gasteiger partial charge in [-0.2, -0.15) is 0 Å². The molecular weight excluding hydrogens is 280 g/mol. The summed E-state index contributed by atoms with van der Waals surface area (Å²) in [6.45, 7) is 1.08. The second kappa shape index (κ2) is 8.47. The summed E-state index contributed by atoms with van der Waals surface area (Å²) < 4.78 is 0. The number of rotatable bonds is 7. The molecule has 0 bridgehead atoms. The van der Waals surface area contributed by atoms with Crippen molar-refractivity contribution in [3.8, 4) is 0 Å². The Morgan fingerprint density at radius 1 is 1.10 bits per heavy atom. The molecule has 6 heteroatoms. The second-order valence-electron chi connectivity index (χ2n) is 5.84. The minimum absolute atomic E-state index is 0. The van der Waals surface area contributed by atoms with Gasteiger partial charge in [-0.1, -0.05) is 19.3 Å². The van der Waals surface area contributed by atoms with Crippen LogP contribution in [-0.2, 0) is 9.59 Å². The van der Waals surface area contributed by atoms with E-state index < -0.39 is 5.97 Å². The molecule has 0 aromatic carbocycles. The molecule has 0 spiro atoms. The van der Waals surface area contributed by atoms with E-state index in [2.05, 4.69) is 10.2 Å². The SMILES string of the molecule is Cl.O=C(O)CNC(=O)CN(CC1CC1)C1CCCCC1. The summed E-state index contributed by atoms with van der Waals surface area (Å²) in [6.07, 6.45) is 8.72. The number of hydrogen-bond acceptors (Lipinski definition) is 3. The van der Waals surface area contributed by atoms with Crippen LogP contribution in [0, 0.1) is 5.92 Å². The van der Waals surface area contributed by atoms with Crippen LogP contribution in [0.25, 0.3) is 0 Å². The molecule has 2 N–H and O–H groups in total. The first-order valence-corrected chi connectivity index (χ1v) is 7.37. The van der Waals surface area contributed by atoms with Crippen molar-refractivity contribution in [1.82, 2.24) is 10.2 Å². The van der Waals surface area contributed by atoms with Gasteiger partial charge in [0.25, 0.3) is 0 Å². The zero-order valence-electron chi connectivity index (χ0n) is 11.8. The van der Waals surface area contributed by atoms with Crippen LogP contribution in [0.1, 0.15) is 44.9 Å². The molecular formula is C14H25ClN2O3. The van der Waals surface area contributed by atoms with Crippen LogP contribution in [0.3, 0.4) is 0 Å². The lowest BCUT2D eigenvalue weighted by Crippen LogP contribution is -2.45. The van der Waals surface area contributed by atoms with Crippen LogP contribution in [0.15, 0.2) is 0 Å². The summed E-state index contributed by atoms with van der Waals surface area (Å²) in [5.41, 5.74) is 0. The molecule has 116 valence electrons. The number of nitrogens with zero attached hydrogens (tertiary/aromatic N) is 1. The molecule has 0 aliphatic heterocycles. The van der Waals surface area contributed by atoms with E-state index in [1.165, 1.54) is 44.9 Å². The second-order valence-corrected chi connectivity index (χ2v) is 5.84. The Bertz CT molecular complexity index is 328. The number of carbonyl (C=O) groups excluding carboxylic acids is 1. The minimum Gasteiger partial charge on any atom is -0.480 e. The molecule has 20 heavy (non-hydrogen) atoms. The molecule has 5 nitrogen and oxygen atoms in total. The van der Waals surface area contributed by atoms with Crippen molar-refractivity contribution < 1.29 is 14.7 Å². The number of carboxylic acids is 1. The molecule has 2 fully saturated rings. The van der Waals surface area contributed by atoms with Crippen LogP contribution < -0.4 is 5.32 Å². The van der Waals surface area contributed by atoms with Gasteiger partial charge in [-0.3, -0.25) is 14.5 Å². The van der Waals surface area contributed by atoms with E-state index in [1.54, 1.807) is 0 Å². The highest BCUT2D eigenvalue weighted by Crippen LogP contribution is 2.32. The van der Waals surface area contributed by atoms with Crippen LogP contribution in [-0.4, -0.2) is 47.6 Å². The Morgan fingerprint density at radius 3 is 2.30 bits per heavy atom. The molecule has 0 atom stereocenters. The lowest BCUT2D eigenvalue weighted by Gasteiger charge is -2.33. The van der Waals surface area contributed by atoms with Gasteiger partial charge >= 0.3 is 5.97 Å². The monoisotopic (exact) mass is 304 g/mol. The molecule has 0 saturated heterocycles. The first kappa shape index (κ1) is 17.2. The van der Waals surface area contributed by atoms with Gasteiger partial charge in [0, 0.05) is 12.6 Å². The fraction of sp³-hybridized carbons (Fsp3) is 0.857. The van der Waals surface area contributed by atoms with Crippen LogP contribution in [0.2, 0.25) is 0 Å². The van der Waals surface area contributed by atoms with E-state index in [4.69, 9.17) is 5.11 Å². The van der Waals surface area contributed by atoms with E-state index in [0.29, 0.717) is 12.6 Å². The van der Waals surface area contributed by atoms with Gasteiger partial charge < -0.3 is 10.4 Å². The maximum Gasteiger partial charge on any atom is 0.322 e. The maximum absolute atomic E-state index is 11.8. The smallest absolute Gasteiger partial charge is 0.322 e. The molecule has 2 aliphatic rings. The van der Waals surface area contributed by atoms with Gasteiger partial charge in [-0.05, 0) is 31.6 Å². The maximum atomic E-state index is 11.8. The number of hydrogen-bond donors (Lipinski definition) is 2. The Balaban J connectivity index is 0.00000200. The van der Waals surface area contributed by atoms with Gasteiger partial charge in [0.15, 0.2) is 0 Å². The molecule has 0 heterocycles. The average molecular weight is 305 g/mol. The molecule has 2 saturated carbocycles. The van der Waals surface area contributed by atoms with Crippen LogP contribution >= 0.6 is 12.4 Å². The Hall–Kier alpha value is -0.810. The topological polar surface area (TPSA) is 69.6 Å². The molecule has 0 unspecified atom stereocenters. The first-order chi connectivity index (χ1) is 9.15. The van der Waals surface area contributed by atoms with Gasteiger partial charge in [-0.25, -0.2) is 0 Å². The predicted octanol–water partition coefficient (Wildman–Crippen LogP) is 1.65. The summed E-state index contributed by atoms with van der Waals surface area (Å²) in [5, 5.41) is 11.0. The van der Waals surface area contributed by atoms with Crippen LogP contribution in [0.5, 0.6) is 0 Å². The summed E-state index contributed by atoms with van der Waals surface area (Å²) in [5.74, 6) is -0.386. The van der Waals surface area contributed by atoms with Crippen molar-refractivity contribution in [2.45, 2.75) is 51.0 Å². The number of halogens is 1. The number of nitrogens with one attached hydrogen (secondary N) is 1. The van der Waals surface area contributed by atoms with E-state index in [1.807, 2.05) is 0 Å². The third-order valence-electron chi connectivity index (χ3n) is 4.06. The number of aliphatic carboxylic acids is 1. The van der Waals surface area contributed by atoms with Crippen molar-refractivity contribution >= 4 is 24.3 Å². The number of carboxylic acid groups (broad SMARTS) is 1. The number of carbonyl (C=O) groups is 2. The van der Waals surface area contributed by atoms with Gasteiger partial charge in [0.05, 0.1) is 6.54 Å². The largest absolute Gasteiger partial charge is 0.480 e. The third-order valence-corrected chi connectivity index (χ3v) is 4.06. The van der Waals surface area contributed by atoms with E-state index in [-0.39, 0.29) is 24.9 Å². The summed E-state index contributed by atoms with van der Waals surface area (Å²) in [6, 6.07) is 0.518. The minimum atomic E-state index is -0.986. The standard InChI is InChI=1S/C14H24N2O3.ClH/c17-13(15-8-14(18)19)10-16(9-11-6-7-11)12-4-2-1-3-5-12;/h11-12H,1-10H2,(H,15,17)(H,18,19);1H. The summed E-state index contributed by atoms with van der Waals surface area (Å²) >= 11 is 0. The highest BCUT2D eigenvalue weighted by atomic mass is 35.5. The van der Waals surface area contributed by atoms with Gasteiger partial charge in [-0.15, -0.1) is 12.4 Å². The Morgan fingerprint density at radius 2 is 1.75 bits per heavy atom. The predicted molar refractivity (Wildman–Crippen MR) is 79.1 cm³/mol. The molecule has 2 rings (SSSR count). The average Bonchev–Trinajstić information content (AvgIpc) is 3.21. The fourth-order valence-corrected chi connectivity index (χ4v) is 2.84. The quantitative estimate of drug-likeness (QED) is 0.750. The van der Waals surface area contributed by atoms with Crippen molar-refractivity contribution in [3.05, 3.63) is 0 Å². The Labute approximate surface area is 126 Å². The normalized spacial score (nSPS) is 19.4. The Kier molecular flexibility index (Phi) is 7.30. The van der Waals surface area contributed by atoms with Crippen molar-refractivity contribution in [2.24, 2.45) is 5.92 Å². The lowest BCUT2D eigenvalue weighted by molar-refractivity contribution is -0.138. The van der Waals surface area contributed by atoms with Gasteiger partial charge in [0.1, 0.15) is 6.54 Å². The molecule has 0 aromatic rings. The third kappa shape index (κ3) is 6.09. The summed E-state index contributed by atoms with van der Waals surface area (Å²) in [4.78, 5) is 24.5. The molecule has 1 amide bonds. The highest BCUT2D eigenvalue weighted by molar-refractivity contribution is 5.85. The van der Waals surface area contributed by atoms with Crippen molar-refractivity contribution in [2.75, 3.05) is 19.6 Å². The highest BCUT2D eigenvalue weighted by Gasteiger charge is 2.29.